The van der Waals surface area contributed by atoms with Crippen LogP contribution in [0.1, 0.15) is 17.0 Å². The number of hydrogen-bond donors (Lipinski definition) is 1. The highest BCUT2D eigenvalue weighted by atomic mass is 16.1. The normalized spacial score (nSPS) is 11.4. The quantitative estimate of drug-likeness (QED) is 0.476. The lowest BCUT2D eigenvalue weighted by Gasteiger charge is -2.13. The average molecular weight is 394 g/mol. The maximum Gasteiger partial charge on any atom is 0.261 e. The molecule has 5 aromatic rings. The predicted molar refractivity (Wildman–Crippen MR) is 121 cm³/mol. The van der Waals surface area contributed by atoms with E-state index >= 15 is 0 Å². The summed E-state index contributed by atoms with van der Waals surface area (Å²) in [6.45, 7) is 4.69. The van der Waals surface area contributed by atoms with Crippen molar-refractivity contribution < 1.29 is 0 Å². The second kappa shape index (κ2) is 7.26. The van der Waals surface area contributed by atoms with Gasteiger partial charge in [0.05, 0.1) is 21.9 Å². The van der Waals surface area contributed by atoms with Gasteiger partial charge in [-0.25, -0.2) is 9.97 Å². The van der Waals surface area contributed by atoms with Crippen molar-refractivity contribution in [1.29, 1.82) is 0 Å². The zero-order chi connectivity index (χ0) is 20.7. The van der Waals surface area contributed by atoms with Crippen LogP contribution >= 0.6 is 0 Å². The lowest BCUT2D eigenvalue weighted by atomic mass is 10.1. The molecule has 5 nitrogen and oxygen atoms in total. The highest BCUT2D eigenvalue weighted by Crippen LogP contribution is 2.20. The molecule has 1 N–H and O–H groups in total. The van der Waals surface area contributed by atoms with Crippen LogP contribution in [0, 0.1) is 13.8 Å². The SMILES string of the molecule is Cc1cc2nc(CCn3c(-c4ccccc4)nc4ccccc4c3=O)[nH]c2cc1C. The summed E-state index contributed by atoms with van der Waals surface area (Å²) >= 11 is 0. The molecule has 0 aliphatic carbocycles. The van der Waals surface area contributed by atoms with Crippen LogP contribution in [-0.2, 0) is 13.0 Å². The zero-order valence-corrected chi connectivity index (χ0v) is 17.0. The van der Waals surface area contributed by atoms with E-state index in [0.717, 1.165) is 22.4 Å². The number of aromatic amines is 1. The zero-order valence-electron chi connectivity index (χ0n) is 17.0. The summed E-state index contributed by atoms with van der Waals surface area (Å²) < 4.78 is 1.77. The topological polar surface area (TPSA) is 63.6 Å². The van der Waals surface area contributed by atoms with E-state index in [1.54, 1.807) is 4.57 Å². The third-order valence-corrected chi connectivity index (χ3v) is 5.61. The largest absolute Gasteiger partial charge is 0.342 e. The molecule has 0 amide bonds. The van der Waals surface area contributed by atoms with Crippen molar-refractivity contribution in [1.82, 2.24) is 19.5 Å². The van der Waals surface area contributed by atoms with Gasteiger partial charge in [-0.05, 0) is 49.2 Å². The van der Waals surface area contributed by atoms with E-state index in [-0.39, 0.29) is 5.56 Å². The minimum Gasteiger partial charge on any atom is -0.342 e. The van der Waals surface area contributed by atoms with E-state index in [2.05, 4.69) is 31.0 Å². The van der Waals surface area contributed by atoms with Crippen molar-refractivity contribution in [2.75, 3.05) is 0 Å². The van der Waals surface area contributed by atoms with Crippen molar-refractivity contribution in [2.45, 2.75) is 26.8 Å². The first-order valence-electron chi connectivity index (χ1n) is 10.1. The molecule has 0 fully saturated rings. The lowest BCUT2D eigenvalue weighted by Crippen LogP contribution is -2.24. The molecule has 0 radical (unpaired) electrons. The third-order valence-electron chi connectivity index (χ3n) is 5.61. The Morgan fingerprint density at radius 1 is 0.867 bits per heavy atom. The number of imidazole rings is 1. The number of H-pyrrole nitrogens is 1. The van der Waals surface area contributed by atoms with Crippen molar-refractivity contribution in [3.05, 3.63) is 94.0 Å². The minimum atomic E-state index is -0.0257. The molecule has 5 rings (SSSR count). The molecular weight excluding hydrogens is 372 g/mol. The first-order chi connectivity index (χ1) is 14.6. The molecule has 0 aliphatic heterocycles. The molecule has 0 spiro atoms. The van der Waals surface area contributed by atoms with E-state index in [1.165, 1.54) is 11.1 Å². The first kappa shape index (κ1) is 18.3. The number of benzene rings is 3. The van der Waals surface area contributed by atoms with Crippen LogP contribution < -0.4 is 5.56 Å². The summed E-state index contributed by atoms with van der Waals surface area (Å²) in [5.41, 5.74) is 6.06. The van der Waals surface area contributed by atoms with Crippen LogP contribution in [0.25, 0.3) is 33.3 Å². The molecular formula is C25H22N4O. The maximum absolute atomic E-state index is 13.3. The van der Waals surface area contributed by atoms with Gasteiger partial charge in [-0.3, -0.25) is 9.36 Å². The summed E-state index contributed by atoms with van der Waals surface area (Å²) in [5, 5.41) is 0.632. The van der Waals surface area contributed by atoms with Crippen molar-refractivity contribution >= 4 is 21.9 Å². The molecule has 0 aliphatic rings. The number of rotatable bonds is 4. The molecule has 3 aromatic carbocycles. The van der Waals surface area contributed by atoms with Gasteiger partial charge in [0.1, 0.15) is 11.6 Å². The van der Waals surface area contributed by atoms with Crippen LogP contribution in [0.3, 0.4) is 0 Å². The lowest BCUT2D eigenvalue weighted by molar-refractivity contribution is 0.656. The monoisotopic (exact) mass is 394 g/mol. The average Bonchev–Trinajstić information content (AvgIpc) is 3.15. The molecule has 148 valence electrons. The Morgan fingerprint density at radius 3 is 2.43 bits per heavy atom. The molecule has 2 heterocycles. The standard InChI is InChI=1S/C25H22N4O/c1-16-14-21-22(15-17(16)2)27-23(26-21)12-13-29-24(18-8-4-3-5-9-18)28-20-11-7-6-10-19(20)25(29)30/h3-11,14-15H,12-13H2,1-2H3,(H,26,27). The van der Waals surface area contributed by atoms with Crippen LogP contribution in [0.4, 0.5) is 0 Å². The van der Waals surface area contributed by atoms with Gasteiger partial charge in [0.2, 0.25) is 0 Å². The Morgan fingerprint density at radius 2 is 1.60 bits per heavy atom. The van der Waals surface area contributed by atoms with E-state index < -0.39 is 0 Å². The molecule has 5 heteroatoms. The molecule has 0 saturated carbocycles. The fourth-order valence-corrected chi connectivity index (χ4v) is 3.84. The highest BCUT2D eigenvalue weighted by Gasteiger charge is 2.13. The van der Waals surface area contributed by atoms with Crippen molar-refractivity contribution in [2.24, 2.45) is 0 Å². The minimum absolute atomic E-state index is 0.0257. The molecule has 0 saturated heterocycles. The van der Waals surface area contributed by atoms with Crippen LogP contribution in [0.5, 0.6) is 0 Å². The van der Waals surface area contributed by atoms with Gasteiger partial charge < -0.3 is 4.98 Å². The Kier molecular flexibility index (Phi) is 4.43. The molecule has 2 aromatic heterocycles. The van der Waals surface area contributed by atoms with E-state index in [1.807, 2.05) is 54.6 Å². The van der Waals surface area contributed by atoms with Crippen molar-refractivity contribution in [3.8, 4) is 11.4 Å². The van der Waals surface area contributed by atoms with Gasteiger partial charge in [0.15, 0.2) is 0 Å². The highest BCUT2D eigenvalue weighted by molar-refractivity contribution is 5.80. The summed E-state index contributed by atoms with van der Waals surface area (Å²) in [5.74, 6) is 1.55. The molecule has 0 unspecified atom stereocenters. The molecule has 0 bridgehead atoms. The van der Waals surface area contributed by atoms with Gasteiger partial charge in [-0.1, -0.05) is 42.5 Å². The second-order valence-electron chi connectivity index (χ2n) is 7.66. The smallest absolute Gasteiger partial charge is 0.261 e. The summed E-state index contributed by atoms with van der Waals surface area (Å²) in [6.07, 6.45) is 0.618. The van der Waals surface area contributed by atoms with Crippen molar-refractivity contribution in [3.63, 3.8) is 0 Å². The Hall–Kier alpha value is -3.73. The number of nitrogens with zero attached hydrogens (tertiary/aromatic N) is 3. The fraction of sp³-hybridized carbons (Fsp3) is 0.160. The van der Waals surface area contributed by atoms with Crippen LogP contribution in [0.15, 0.2) is 71.5 Å². The summed E-state index contributed by atoms with van der Waals surface area (Å²) in [6, 6.07) is 21.6. The maximum atomic E-state index is 13.3. The number of nitrogens with one attached hydrogen (secondary N) is 1. The molecule has 30 heavy (non-hydrogen) atoms. The number of aromatic nitrogens is 4. The van der Waals surface area contributed by atoms with Gasteiger partial charge in [-0.2, -0.15) is 0 Å². The third kappa shape index (κ3) is 3.18. The first-order valence-corrected chi connectivity index (χ1v) is 10.1. The van der Waals surface area contributed by atoms with Gasteiger partial charge >= 0.3 is 0 Å². The second-order valence-corrected chi connectivity index (χ2v) is 7.66. The predicted octanol–water partition coefficient (Wildman–Crippen LogP) is 4.80. The Balaban J connectivity index is 1.58. The van der Waals surface area contributed by atoms with Gasteiger partial charge in [0.25, 0.3) is 5.56 Å². The summed E-state index contributed by atoms with van der Waals surface area (Å²) in [4.78, 5) is 26.3. The Bertz CT molecular complexity index is 1390. The number of fused-ring (bicyclic) bond motifs is 2. The van der Waals surface area contributed by atoms with Crippen LogP contribution in [-0.4, -0.2) is 19.5 Å². The van der Waals surface area contributed by atoms with E-state index in [4.69, 9.17) is 9.97 Å². The van der Waals surface area contributed by atoms with Crippen LogP contribution in [0.2, 0.25) is 0 Å². The fourth-order valence-electron chi connectivity index (χ4n) is 3.84. The van der Waals surface area contributed by atoms with Gasteiger partial charge in [-0.15, -0.1) is 0 Å². The molecule has 0 atom stereocenters. The Labute approximate surface area is 174 Å². The summed E-state index contributed by atoms with van der Waals surface area (Å²) in [7, 11) is 0. The van der Waals surface area contributed by atoms with E-state index in [0.29, 0.717) is 29.7 Å². The van der Waals surface area contributed by atoms with Gasteiger partial charge in [0, 0.05) is 18.5 Å². The number of aryl methyl sites for hydroxylation is 3. The van der Waals surface area contributed by atoms with E-state index in [9.17, 15) is 4.79 Å². The number of hydrogen-bond acceptors (Lipinski definition) is 3. The number of para-hydroxylation sites is 1.